The Hall–Kier alpha value is -0.940. The van der Waals surface area contributed by atoms with Crippen molar-refractivity contribution in [3.05, 3.63) is 17.0 Å². The maximum Gasteiger partial charge on any atom is 0.252 e. The van der Waals surface area contributed by atoms with Crippen molar-refractivity contribution in [3.8, 4) is 6.07 Å². The minimum atomic E-state index is -3.42. The lowest BCUT2D eigenvalue weighted by Gasteiger charge is -2.30. The van der Waals surface area contributed by atoms with Crippen LogP contribution in [0, 0.1) is 17.2 Å². The highest BCUT2D eigenvalue weighted by molar-refractivity contribution is 7.91. The highest BCUT2D eigenvalue weighted by Crippen LogP contribution is 2.27. The Morgan fingerprint density at radius 3 is 2.61 bits per heavy atom. The van der Waals surface area contributed by atoms with E-state index in [0.29, 0.717) is 30.4 Å². The lowest BCUT2D eigenvalue weighted by atomic mass is 9.99. The smallest absolute Gasteiger partial charge is 0.252 e. The number of rotatable bonds is 3. The lowest BCUT2D eigenvalue weighted by Crippen LogP contribution is -2.39. The van der Waals surface area contributed by atoms with Crippen LogP contribution in [0.1, 0.15) is 17.7 Å². The van der Waals surface area contributed by atoms with E-state index in [4.69, 9.17) is 11.0 Å². The summed E-state index contributed by atoms with van der Waals surface area (Å²) >= 11 is 1.02. The molecule has 5 nitrogen and oxygen atoms in total. The zero-order chi connectivity index (χ0) is 13.2. The third-order valence-electron chi connectivity index (χ3n) is 3.19. The van der Waals surface area contributed by atoms with Crippen molar-refractivity contribution in [2.45, 2.75) is 17.1 Å². The average molecular weight is 285 g/mol. The van der Waals surface area contributed by atoms with Crippen molar-refractivity contribution < 1.29 is 8.42 Å². The Morgan fingerprint density at radius 1 is 1.44 bits per heavy atom. The van der Waals surface area contributed by atoms with Crippen LogP contribution in [-0.2, 0) is 10.0 Å². The van der Waals surface area contributed by atoms with Crippen LogP contribution >= 0.6 is 11.3 Å². The first kappa shape index (κ1) is 13.5. The molecule has 0 amide bonds. The van der Waals surface area contributed by atoms with Gasteiger partial charge in [0.2, 0.25) is 0 Å². The first-order valence-corrected chi connectivity index (χ1v) is 8.03. The van der Waals surface area contributed by atoms with Gasteiger partial charge < -0.3 is 5.73 Å². The van der Waals surface area contributed by atoms with Gasteiger partial charge in [0.15, 0.2) is 0 Å². The molecule has 2 N–H and O–H groups in total. The molecular formula is C11H15N3O2S2. The van der Waals surface area contributed by atoms with Crippen LogP contribution in [0.2, 0.25) is 0 Å². The lowest BCUT2D eigenvalue weighted by molar-refractivity contribution is 0.279. The monoisotopic (exact) mass is 285 g/mol. The molecule has 1 fully saturated rings. The van der Waals surface area contributed by atoms with E-state index in [-0.39, 0.29) is 4.21 Å². The molecule has 18 heavy (non-hydrogen) atoms. The summed E-state index contributed by atoms with van der Waals surface area (Å²) in [6.45, 7) is 1.65. The first-order valence-electron chi connectivity index (χ1n) is 5.78. The van der Waals surface area contributed by atoms with Gasteiger partial charge in [-0.1, -0.05) is 0 Å². The topological polar surface area (TPSA) is 87.2 Å². The van der Waals surface area contributed by atoms with Gasteiger partial charge in [0.25, 0.3) is 10.0 Å². The molecular weight excluding hydrogens is 270 g/mol. The number of nitrogens with two attached hydrogens (primary N) is 1. The van der Waals surface area contributed by atoms with Crippen LogP contribution in [0.3, 0.4) is 0 Å². The summed E-state index contributed by atoms with van der Waals surface area (Å²) in [5.41, 5.74) is 5.59. The number of hydrogen-bond donors (Lipinski definition) is 1. The maximum atomic E-state index is 12.3. The van der Waals surface area contributed by atoms with Crippen molar-refractivity contribution >= 4 is 21.4 Å². The molecule has 1 aromatic heterocycles. The number of hydrogen-bond acceptors (Lipinski definition) is 5. The van der Waals surface area contributed by atoms with E-state index < -0.39 is 10.0 Å². The maximum absolute atomic E-state index is 12.3. The van der Waals surface area contributed by atoms with Crippen molar-refractivity contribution in [2.24, 2.45) is 11.7 Å². The molecule has 1 aromatic rings. The van der Waals surface area contributed by atoms with Gasteiger partial charge in [-0.05, 0) is 37.4 Å². The van der Waals surface area contributed by atoms with E-state index in [0.717, 1.165) is 24.2 Å². The molecule has 1 saturated heterocycles. The first-order chi connectivity index (χ1) is 8.57. The molecule has 0 bridgehead atoms. The van der Waals surface area contributed by atoms with Crippen LogP contribution in [-0.4, -0.2) is 32.4 Å². The van der Waals surface area contributed by atoms with Crippen LogP contribution in [0.5, 0.6) is 0 Å². The number of nitrogens with zero attached hydrogens (tertiary/aromatic N) is 2. The van der Waals surface area contributed by atoms with Gasteiger partial charge in [0.1, 0.15) is 15.2 Å². The molecule has 0 saturated carbocycles. The minimum absolute atomic E-state index is 0.255. The van der Waals surface area contributed by atoms with E-state index in [1.165, 1.54) is 10.4 Å². The molecule has 1 aliphatic rings. The van der Waals surface area contributed by atoms with Crippen LogP contribution in [0.4, 0.5) is 0 Å². The third kappa shape index (κ3) is 2.57. The number of nitriles is 1. The zero-order valence-electron chi connectivity index (χ0n) is 9.87. The Morgan fingerprint density at radius 2 is 2.11 bits per heavy atom. The van der Waals surface area contributed by atoms with Crippen molar-refractivity contribution in [1.29, 1.82) is 5.26 Å². The summed E-state index contributed by atoms with van der Waals surface area (Å²) in [5, 5.41) is 8.73. The largest absolute Gasteiger partial charge is 0.330 e. The Kier molecular flexibility index (Phi) is 4.02. The standard InChI is InChI=1S/C11H15N3O2S2/c12-7-9-3-5-14(6-4-9)18(15,16)11-2-1-10(8-13)17-11/h1-2,9H,3-7,12H2. The zero-order valence-corrected chi connectivity index (χ0v) is 11.5. The summed E-state index contributed by atoms with van der Waals surface area (Å²) < 4.78 is 26.4. The fraction of sp³-hybridized carbons (Fsp3) is 0.545. The summed E-state index contributed by atoms with van der Waals surface area (Å²) in [6.07, 6.45) is 1.62. The second-order valence-electron chi connectivity index (χ2n) is 4.31. The van der Waals surface area contributed by atoms with Gasteiger partial charge in [0.05, 0.1) is 0 Å². The van der Waals surface area contributed by atoms with Crippen molar-refractivity contribution in [3.63, 3.8) is 0 Å². The summed E-state index contributed by atoms with van der Waals surface area (Å²) in [7, 11) is -3.42. The highest BCUT2D eigenvalue weighted by atomic mass is 32.2. The van der Waals surface area contributed by atoms with Gasteiger partial charge in [-0.15, -0.1) is 11.3 Å². The Balaban J connectivity index is 2.15. The van der Waals surface area contributed by atoms with Gasteiger partial charge in [-0.3, -0.25) is 0 Å². The quantitative estimate of drug-likeness (QED) is 0.896. The second kappa shape index (κ2) is 5.36. The molecule has 0 atom stereocenters. The molecule has 1 aliphatic heterocycles. The normalized spacial score (nSPS) is 18.7. The van der Waals surface area contributed by atoms with E-state index in [9.17, 15) is 8.42 Å². The van der Waals surface area contributed by atoms with Crippen LogP contribution in [0.25, 0.3) is 0 Å². The fourth-order valence-corrected chi connectivity index (χ4v) is 4.76. The van der Waals surface area contributed by atoms with Crippen LogP contribution < -0.4 is 5.73 Å². The molecule has 0 aliphatic carbocycles. The summed E-state index contributed by atoms with van der Waals surface area (Å²) in [6, 6.07) is 5.01. The number of piperidine rings is 1. The minimum Gasteiger partial charge on any atom is -0.330 e. The number of thiophene rings is 1. The molecule has 0 spiro atoms. The molecule has 0 radical (unpaired) electrons. The van der Waals surface area contributed by atoms with E-state index in [2.05, 4.69) is 0 Å². The second-order valence-corrected chi connectivity index (χ2v) is 7.56. The number of sulfonamides is 1. The molecule has 2 heterocycles. The van der Waals surface area contributed by atoms with Crippen LogP contribution in [0.15, 0.2) is 16.3 Å². The van der Waals surface area contributed by atoms with E-state index in [1.807, 2.05) is 6.07 Å². The molecule has 98 valence electrons. The van der Waals surface area contributed by atoms with E-state index in [1.54, 1.807) is 6.07 Å². The van der Waals surface area contributed by atoms with E-state index >= 15 is 0 Å². The molecule has 0 aromatic carbocycles. The van der Waals surface area contributed by atoms with Crippen molar-refractivity contribution in [1.82, 2.24) is 4.31 Å². The Bertz CT molecular complexity index is 551. The summed E-state index contributed by atoms with van der Waals surface area (Å²) in [5.74, 6) is 0.425. The Labute approximate surface area is 111 Å². The molecule has 7 heteroatoms. The van der Waals surface area contributed by atoms with Gasteiger partial charge >= 0.3 is 0 Å². The average Bonchev–Trinajstić information content (AvgIpc) is 2.88. The highest BCUT2D eigenvalue weighted by Gasteiger charge is 2.29. The van der Waals surface area contributed by atoms with Gasteiger partial charge in [0, 0.05) is 13.1 Å². The van der Waals surface area contributed by atoms with Gasteiger partial charge in [-0.2, -0.15) is 9.57 Å². The SMILES string of the molecule is N#Cc1ccc(S(=O)(=O)N2CCC(CN)CC2)s1. The third-order valence-corrected chi connectivity index (χ3v) is 6.55. The van der Waals surface area contributed by atoms with Crippen molar-refractivity contribution in [2.75, 3.05) is 19.6 Å². The molecule has 0 unspecified atom stereocenters. The fourth-order valence-electron chi connectivity index (χ4n) is 2.03. The predicted molar refractivity (Wildman–Crippen MR) is 69.6 cm³/mol. The molecule has 2 rings (SSSR count). The predicted octanol–water partition coefficient (Wildman–Crippen LogP) is 0.979. The summed E-state index contributed by atoms with van der Waals surface area (Å²) in [4.78, 5) is 0.422. The van der Waals surface area contributed by atoms with Gasteiger partial charge in [-0.25, -0.2) is 8.42 Å².